The third kappa shape index (κ3) is 20.7. The van der Waals surface area contributed by atoms with Gasteiger partial charge in [-0.1, -0.05) is 73.1 Å². The Morgan fingerprint density at radius 2 is 1.54 bits per heavy atom. The number of aromatic nitrogens is 1. The number of alkyl halides is 1. The third-order valence-corrected chi connectivity index (χ3v) is 16.7. The summed E-state index contributed by atoms with van der Waals surface area (Å²) in [6.07, 6.45) is 3.27. The van der Waals surface area contributed by atoms with Crippen molar-refractivity contribution < 1.29 is 66.9 Å². The van der Waals surface area contributed by atoms with Crippen molar-refractivity contribution >= 4 is 109 Å². The Labute approximate surface area is 554 Å². The number of anilines is 2. The molecule has 3 aliphatic rings. The minimum Gasteiger partial charge on any atom is -0.492 e. The molecule has 11 amide bonds. The van der Waals surface area contributed by atoms with Crippen molar-refractivity contribution in [1.82, 2.24) is 51.2 Å². The smallest absolute Gasteiger partial charge is 0.415 e. The number of primary amides is 1. The number of nitrogens with zero attached hydrogens (tertiary/aromatic N) is 5. The number of ether oxygens (including phenoxy) is 4. The highest BCUT2D eigenvalue weighted by molar-refractivity contribution is 9.09. The molecule has 0 spiro atoms. The summed E-state index contributed by atoms with van der Waals surface area (Å²) in [4.78, 5) is 135. The average molecular weight is 1370 g/mol. The number of piperazine rings is 1. The number of amides is 11. The van der Waals surface area contributed by atoms with Crippen LogP contribution in [0.15, 0.2) is 91.0 Å². The van der Waals surface area contributed by atoms with Gasteiger partial charge in [0.05, 0.1) is 31.5 Å². The highest BCUT2D eigenvalue weighted by Crippen LogP contribution is 2.46. The number of carbonyl (C=O) groups is 10. The van der Waals surface area contributed by atoms with Crippen LogP contribution in [-0.2, 0) is 44.8 Å². The monoisotopic (exact) mass is 1360 g/mol. The number of urea groups is 1. The lowest BCUT2D eigenvalue weighted by Gasteiger charge is -2.31. The summed E-state index contributed by atoms with van der Waals surface area (Å²) >= 11 is 3.68. The summed E-state index contributed by atoms with van der Waals surface area (Å²) in [5.74, 6) is -1.01. The molecule has 8 rings (SSSR count). The minimum atomic E-state index is -0.870. The maximum atomic E-state index is 14.3. The van der Waals surface area contributed by atoms with Crippen molar-refractivity contribution in [2.24, 2.45) is 11.7 Å². The molecule has 1 aromatic heterocycles. The number of hydrogen-bond donors (Lipinski definition) is 8. The number of likely N-dealkylation sites (N-methyl/N-ethyl adjacent to an activating group) is 3. The van der Waals surface area contributed by atoms with E-state index in [0.29, 0.717) is 98.2 Å². The SMILES string of the molecule is CCCNC(=O)CCOCCN(C)C(=O)CCN1C(=O)C=CC1=O.CN[C@H](C(=O)N[C@@H](CCCNC(N)=O)C(=O)Nc1ccc(COC(=O)NCCOc2ccc3[nH]c(C(=O)N4C[C@@H](CBr)c5c4cc(OC(=O)N4CCN(C)CC4)c4ccccc54)cc3c2)cc1)C(C)C. The Kier molecular flexibility index (Phi) is 27.5. The van der Waals surface area contributed by atoms with E-state index in [1.54, 1.807) is 60.3 Å². The Morgan fingerprint density at radius 1 is 0.819 bits per heavy atom. The van der Waals surface area contributed by atoms with Crippen molar-refractivity contribution in [3.05, 3.63) is 108 Å². The first-order valence-corrected chi connectivity index (χ1v) is 32.6. The molecule has 1 fully saturated rings. The number of aromatic amines is 1. The van der Waals surface area contributed by atoms with Gasteiger partial charge in [-0.05, 0) is 92.2 Å². The first-order valence-electron chi connectivity index (χ1n) is 31.5. The van der Waals surface area contributed by atoms with Crippen molar-refractivity contribution in [3.8, 4) is 11.5 Å². The predicted octanol–water partition coefficient (Wildman–Crippen LogP) is 5.32. The van der Waals surface area contributed by atoms with Crippen molar-refractivity contribution in [3.63, 3.8) is 0 Å². The number of benzene rings is 4. The highest BCUT2D eigenvalue weighted by Gasteiger charge is 2.37. The second-order valence-electron chi connectivity index (χ2n) is 23.2. The summed E-state index contributed by atoms with van der Waals surface area (Å²) in [6.45, 7) is 11.2. The van der Waals surface area contributed by atoms with Crippen molar-refractivity contribution in [1.29, 1.82) is 0 Å². The van der Waals surface area contributed by atoms with Gasteiger partial charge in [0.25, 0.3) is 17.7 Å². The van der Waals surface area contributed by atoms with Crippen LogP contribution in [0.25, 0.3) is 21.7 Å². The standard InChI is InChI=1S/C50H61BrN10O9.C16H25N3O5/c1-30(2)44(53-3)46(63)58-39(10-7-17-54-48(52)65)45(62)56-34-13-11-31(12-14-34)29-69-49(66)55-18-23-68-35-15-16-38-32(24-35)25-40(57-38)47(64)61-28-33(27-51)43-37-9-6-5-8-36(37)42(26-41(43)61)70-50(67)60-21-19-59(4)20-22-60;1-3-8-17-13(20)7-11-24-12-10-18(2)14(21)6-9-19-15(22)4-5-16(19)23/h5-6,8-9,11-16,24-26,30,33,39,44,53,57H,7,10,17-23,27-29H2,1-4H3,(H,55,66)(H,56,62)(H,58,63)(H3,52,54,65);4-5H,3,6-12H2,1-2H3,(H,17,20)/t33-,39+,44+;/m1./s1. The van der Waals surface area contributed by atoms with Crippen LogP contribution in [0.3, 0.4) is 0 Å². The summed E-state index contributed by atoms with van der Waals surface area (Å²) in [5.41, 5.74) is 9.17. The van der Waals surface area contributed by atoms with Gasteiger partial charge in [0, 0.05) is 130 Å². The largest absolute Gasteiger partial charge is 0.492 e. The van der Waals surface area contributed by atoms with E-state index < -0.39 is 36.2 Å². The lowest BCUT2D eigenvalue weighted by molar-refractivity contribution is -0.138. The molecule has 506 valence electrons. The Morgan fingerprint density at radius 3 is 2.22 bits per heavy atom. The Bertz CT molecular complexity index is 3500. The van der Waals surface area contributed by atoms with Crippen LogP contribution in [0, 0.1) is 5.92 Å². The van der Waals surface area contributed by atoms with Gasteiger partial charge in [0.1, 0.15) is 36.4 Å². The molecule has 0 saturated carbocycles. The van der Waals surface area contributed by atoms with E-state index in [-0.39, 0.29) is 93.0 Å². The van der Waals surface area contributed by atoms with E-state index in [0.717, 1.165) is 51.6 Å². The van der Waals surface area contributed by atoms with Crippen LogP contribution in [-0.4, -0.2) is 208 Å². The molecule has 0 aliphatic carbocycles. The van der Waals surface area contributed by atoms with Crippen molar-refractivity contribution in [2.75, 3.05) is 122 Å². The molecule has 0 unspecified atom stereocenters. The quantitative estimate of drug-likeness (QED) is 0.0164. The van der Waals surface area contributed by atoms with Crippen LogP contribution in [0.1, 0.15) is 80.4 Å². The number of rotatable bonds is 30. The number of fused-ring (bicyclic) bond motifs is 4. The molecule has 94 heavy (non-hydrogen) atoms. The Balaban J connectivity index is 0.000000439. The van der Waals surface area contributed by atoms with Crippen LogP contribution >= 0.6 is 15.9 Å². The number of nitrogens with one attached hydrogen (secondary N) is 7. The van der Waals surface area contributed by atoms with Crippen LogP contribution in [0.5, 0.6) is 11.5 Å². The number of alkyl carbamates (subject to hydrolysis) is 1. The second kappa shape index (κ2) is 35.8. The fraction of sp³-hybridized carbons (Fsp3) is 0.455. The van der Waals surface area contributed by atoms with Gasteiger partial charge in [-0.15, -0.1) is 0 Å². The topological polar surface area (TPSA) is 338 Å². The molecule has 9 N–H and O–H groups in total. The lowest BCUT2D eigenvalue weighted by atomic mass is 9.95. The first kappa shape index (κ1) is 72.3. The van der Waals surface area contributed by atoms with E-state index in [1.165, 1.54) is 17.1 Å². The number of hydrogen-bond acceptors (Lipinski definition) is 16. The van der Waals surface area contributed by atoms with E-state index in [2.05, 4.69) is 57.7 Å². The fourth-order valence-corrected chi connectivity index (χ4v) is 11.2. The van der Waals surface area contributed by atoms with Gasteiger partial charge in [0.2, 0.25) is 23.6 Å². The van der Waals surface area contributed by atoms with Gasteiger partial charge in [-0.2, -0.15) is 0 Å². The van der Waals surface area contributed by atoms with Gasteiger partial charge in [-0.3, -0.25) is 38.5 Å². The molecule has 0 bridgehead atoms. The van der Waals surface area contributed by atoms with Gasteiger partial charge >= 0.3 is 18.2 Å². The highest BCUT2D eigenvalue weighted by atomic mass is 79.9. The maximum absolute atomic E-state index is 14.3. The lowest BCUT2D eigenvalue weighted by Crippen LogP contribution is -2.52. The molecular formula is C66H86BrN13O14. The van der Waals surface area contributed by atoms with Gasteiger partial charge in [-0.25, -0.2) is 14.4 Å². The molecular weight excluding hydrogens is 1280 g/mol. The van der Waals surface area contributed by atoms with E-state index in [9.17, 15) is 47.9 Å². The van der Waals surface area contributed by atoms with Crippen molar-refractivity contribution in [2.45, 2.75) is 77.5 Å². The summed E-state index contributed by atoms with van der Waals surface area (Å²) in [6, 6.07) is 21.6. The predicted molar refractivity (Wildman–Crippen MR) is 358 cm³/mol. The summed E-state index contributed by atoms with van der Waals surface area (Å²) in [5, 5.41) is 19.7. The molecule has 3 atom stereocenters. The molecule has 1 saturated heterocycles. The summed E-state index contributed by atoms with van der Waals surface area (Å²) in [7, 11) is 5.34. The second-order valence-corrected chi connectivity index (χ2v) is 23.8. The third-order valence-electron chi connectivity index (χ3n) is 15.9. The summed E-state index contributed by atoms with van der Waals surface area (Å²) < 4.78 is 22.7. The zero-order valence-corrected chi connectivity index (χ0v) is 55.6. The van der Waals surface area contributed by atoms with Crippen LogP contribution in [0.4, 0.5) is 25.8 Å². The zero-order valence-electron chi connectivity index (χ0n) is 54.0. The van der Waals surface area contributed by atoms with E-state index >= 15 is 0 Å². The normalized spacial score (nSPS) is 15.0. The number of halogens is 1. The molecule has 27 nitrogen and oxygen atoms in total. The van der Waals surface area contributed by atoms with Crippen LogP contribution < -0.4 is 52.0 Å². The molecule has 4 heterocycles. The molecule has 0 radical (unpaired) electrons. The van der Waals surface area contributed by atoms with E-state index in [1.807, 2.05) is 70.3 Å². The molecule has 5 aromatic rings. The Hall–Kier alpha value is -9.12. The maximum Gasteiger partial charge on any atom is 0.415 e. The first-order chi connectivity index (χ1) is 45.2. The number of H-pyrrole nitrogens is 1. The van der Waals surface area contributed by atoms with Crippen LogP contribution in [0.2, 0.25) is 0 Å². The fourth-order valence-electron chi connectivity index (χ4n) is 10.7. The molecule has 3 aliphatic heterocycles. The minimum absolute atomic E-state index is 0.00974. The van der Waals surface area contributed by atoms with Gasteiger partial charge < -0.3 is 81.2 Å². The molecule has 4 aromatic carbocycles. The molecule has 28 heteroatoms. The van der Waals surface area contributed by atoms with Gasteiger partial charge in [0.15, 0.2) is 0 Å². The van der Waals surface area contributed by atoms with E-state index in [4.69, 9.17) is 24.7 Å². The number of carbonyl (C=O) groups excluding carboxylic acids is 10. The number of imide groups is 1. The average Bonchev–Trinajstić information content (AvgIpc) is 1.56. The zero-order chi connectivity index (χ0) is 67.8. The number of nitrogens with two attached hydrogens (primary N) is 1.